The van der Waals surface area contributed by atoms with Gasteiger partial charge in [-0.1, -0.05) is 0 Å². The molecule has 82 valence electrons. The number of aromatic nitrogens is 1. The highest BCUT2D eigenvalue weighted by molar-refractivity contribution is 6.25. The summed E-state index contributed by atoms with van der Waals surface area (Å²) in [6.07, 6.45) is 0. The van der Waals surface area contributed by atoms with Crippen molar-refractivity contribution in [3.8, 4) is 0 Å². The molecule has 0 aromatic carbocycles. The van der Waals surface area contributed by atoms with Gasteiger partial charge in [-0.25, -0.2) is 4.98 Å². The minimum Gasteiger partial charge on any atom is -0.492 e. The number of carbonyl (C=O) groups excluding carboxylic acids is 2. The molecule has 0 bridgehead atoms. The first-order valence-corrected chi connectivity index (χ1v) is 4.88. The summed E-state index contributed by atoms with van der Waals surface area (Å²) in [6.45, 7) is 3.36. The maximum absolute atomic E-state index is 11.9. The zero-order valence-corrected chi connectivity index (χ0v) is 9.33. The molecular weight excluding hydrogens is 206 g/mol. The molecule has 0 saturated carbocycles. The molecule has 16 heavy (non-hydrogen) atoms. The van der Waals surface area contributed by atoms with E-state index in [0.717, 1.165) is 0 Å². The van der Waals surface area contributed by atoms with Crippen LogP contribution in [0.3, 0.4) is 0 Å². The van der Waals surface area contributed by atoms with Crippen LogP contribution in [0.1, 0.15) is 33.5 Å². The molecule has 0 saturated heterocycles. The van der Waals surface area contributed by atoms with E-state index >= 15 is 0 Å². The first-order valence-electron chi connectivity index (χ1n) is 4.88. The molecule has 1 aliphatic carbocycles. The second kappa shape index (κ2) is 3.56. The molecule has 1 aromatic heterocycles. The van der Waals surface area contributed by atoms with Crippen molar-refractivity contribution >= 4 is 11.6 Å². The van der Waals surface area contributed by atoms with E-state index in [2.05, 4.69) is 4.98 Å². The Kier molecular flexibility index (Phi) is 2.34. The van der Waals surface area contributed by atoms with Crippen LogP contribution in [0.25, 0.3) is 0 Å². The second-order valence-electron chi connectivity index (χ2n) is 3.67. The van der Waals surface area contributed by atoms with Crippen molar-refractivity contribution in [2.45, 2.75) is 13.8 Å². The van der Waals surface area contributed by atoms with E-state index < -0.39 is 0 Å². The Morgan fingerprint density at radius 1 is 1.12 bits per heavy atom. The third kappa shape index (κ3) is 1.34. The zero-order valence-electron chi connectivity index (χ0n) is 9.33. The number of fused-ring (bicyclic) bond motifs is 1. The molecule has 0 spiro atoms. The Morgan fingerprint density at radius 3 is 2.44 bits per heavy atom. The van der Waals surface area contributed by atoms with Gasteiger partial charge in [0.2, 0.25) is 11.6 Å². The number of Topliss-reactive ketones (excluding diaryl/α,β-unsaturated/α-hetero) is 2. The standard InChI is InChI=1S/C12H11NO3/c1-6-4-5-8-9(13-6)10(14)7(2)12(16-3)11(8)15/h4-5H,1-3H3. The van der Waals surface area contributed by atoms with E-state index in [9.17, 15) is 9.59 Å². The SMILES string of the molecule is COC1=C(C)C(=O)c2nc(C)ccc2C1=O. The first-order chi connectivity index (χ1) is 7.56. The van der Waals surface area contributed by atoms with Gasteiger partial charge in [0.15, 0.2) is 5.76 Å². The number of methoxy groups -OCH3 is 1. The Balaban J connectivity index is 2.69. The second-order valence-corrected chi connectivity index (χ2v) is 3.67. The van der Waals surface area contributed by atoms with Crippen LogP contribution < -0.4 is 0 Å². The van der Waals surface area contributed by atoms with Crippen LogP contribution in [0, 0.1) is 6.92 Å². The van der Waals surface area contributed by atoms with Crippen LogP contribution in [-0.2, 0) is 4.74 Å². The summed E-state index contributed by atoms with van der Waals surface area (Å²) in [6, 6.07) is 3.32. The molecule has 0 N–H and O–H groups in total. The van der Waals surface area contributed by atoms with E-state index in [1.54, 1.807) is 26.0 Å². The number of ketones is 2. The van der Waals surface area contributed by atoms with Gasteiger partial charge in [0.25, 0.3) is 0 Å². The van der Waals surface area contributed by atoms with Crippen molar-refractivity contribution in [3.05, 3.63) is 40.4 Å². The summed E-state index contributed by atoms with van der Waals surface area (Å²) in [5.41, 5.74) is 1.58. The lowest BCUT2D eigenvalue weighted by atomic mass is 9.92. The highest BCUT2D eigenvalue weighted by Crippen LogP contribution is 2.25. The smallest absolute Gasteiger partial charge is 0.230 e. The van der Waals surface area contributed by atoms with Crippen LogP contribution in [0.15, 0.2) is 23.5 Å². The highest BCUT2D eigenvalue weighted by Gasteiger charge is 2.31. The molecule has 0 unspecified atom stereocenters. The monoisotopic (exact) mass is 217 g/mol. The quantitative estimate of drug-likeness (QED) is 0.718. The molecule has 4 heteroatoms. The number of pyridine rings is 1. The van der Waals surface area contributed by atoms with Gasteiger partial charge in [-0.05, 0) is 26.0 Å². The predicted molar refractivity (Wildman–Crippen MR) is 57.3 cm³/mol. The molecular formula is C12H11NO3. The third-order valence-electron chi connectivity index (χ3n) is 2.59. The molecule has 0 atom stereocenters. The van der Waals surface area contributed by atoms with Crippen LogP contribution in [-0.4, -0.2) is 23.7 Å². The van der Waals surface area contributed by atoms with Crippen LogP contribution in [0.4, 0.5) is 0 Å². The van der Waals surface area contributed by atoms with Gasteiger partial charge < -0.3 is 4.74 Å². The molecule has 0 amide bonds. The van der Waals surface area contributed by atoms with Gasteiger partial charge in [-0.3, -0.25) is 9.59 Å². The van der Waals surface area contributed by atoms with E-state index in [-0.39, 0.29) is 23.0 Å². The van der Waals surface area contributed by atoms with Crippen molar-refractivity contribution in [2.24, 2.45) is 0 Å². The normalized spacial score (nSPS) is 15.2. The molecule has 1 aromatic rings. The average Bonchev–Trinajstić information content (AvgIpc) is 2.27. The molecule has 0 fully saturated rings. The summed E-state index contributed by atoms with van der Waals surface area (Å²) in [4.78, 5) is 28.0. The lowest BCUT2D eigenvalue weighted by Gasteiger charge is -2.17. The summed E-state index contributed by atoms with van der Waals surface area (Å²) in [5.74, 6) is -0.402. The number of allylic oxidation sites excluding steroid dienone is 2. The largest absolute Gasteiger partial charge is 0.492 e. The fourth-order valence-electron chi connectivity index (χ4n) is 1.73. The fraction of sp³-hybridized carbons (Fsp3) is 0.250. The Hall–Kier alpha value is -1.97. The molecule has 2 rings (SSSR count). The van der Waals surface area contributed by atoms with Crippen molar-refractivity contribution in [2.75, 3.05) is 7.11 Å². The van der Waals surface area contributed by atoms with E-state index in [1.165, 1.54) is 7.11 Å². The molecule has 0 radical (unpaired) electrons. The Morgan fingerprint density at radius 2 is 1.81 bits per heavy atom. The van der Waals surface area contributed by atoms with Crippen LogP contribution in [0.2, 0.25) is 0 Å². The third-order valence-corrected chi connectivity index (χ3v) is 2.59. The number of aryl methyl sites for hydroxylation is 1. The Labute approximate surface area is 92.9 Å². The van der Waals surface area contributed by atoms with Crippen molar-refractivity contribution < 1.29 is 14.3 Å². The molecule has 4 nitrogen and oxygen atoms in total. The average molecular weight is 217 g/mol. The van der Waals surface area contributed by atoms with Gasteiger partial charge in [-0.15, -0.1) is 0 Å². The lowest BCUT2D eigenvalue weighted by Crippen LogP contribution is -2.23. The molecule has 1 aliphatic rings. The van der Waals surface area contributed by atoms with E-state index in [4.69, 9.17) is 4.74 Å². The summed E-state index contributed by atoms with van der Waals surface area (Å²) < 4.78 is 4.95. The highest BCUT2D eigenvalue weighted by atomic mass is 16.5. The number of ether oxygens (including phenoxy) is 1. The number of rotatable bonds is 1. The summed E-state index contributed by atoms with van der Waals surface area (Å²) in [5, 5.41) is 0. The minimum atomic E-state index is -0.276. The van der Waals surface area contributed by atoms with Gasteiger partial charge in [0.1, 0.15) is 5.69 Å². The number of carbonyl (C=O) groups is 2. The summed E-state index contributed by atoms with van der Waals surface area (Å²) in [7, 11) is 1.39. The molecule has 0 aliphatic heterocycles. The zero-order chi connectivity index (χ0) is 11.9. The predicted octanol–water partition coefficient (Wildman–Crippen LogP) is 1.69. The number of hydrogen-bond acceptors (Lipinski definition) is 4. The fourth-order valence-corrected chi connectivity index (χ4v) is 1.73. The van der Waals surface area contributed by atoms with Gasteiger partial charge in [0, 0.05) is 11.3 Å². The first kappa shape index (κ1) is 10.5. The van der Waals surface area contributed by atoms with Crippen molar-refractivity contribution in [1.29, 1.82) is 0 Å². The van der Waals surface area contributed by atoms with Gasteiger partial charge >= 0.3 is 0 Å². The van der Waals surface area contributed by atoms with Gasteiger partial charge in [0.05, 0.1) is 12.7 Å². The van der Waals surface area contributed by atoms with Crippen LogP contribution in [0.5, 0.6) is 0 Å². The van der Waals surface area contributed by atoms with Crippen molar-refractivity contribution in [3.63, 3.8) is 0 Å². The maximum atomic E-state index is 11.9. The van der Waals surface area contributed by atoms with E-state index in [1.807, 2.05) is 0 Å². The van der Waals surface area contributed by atoms with Gasteiger partial charge in [-0.2, -0.15) is 0 Å². The van der Waals surface area contributed by atoms with Crippen molar-refractivity contribution in [1.82, 2.24) is 4.98 Å². The van der Waals surface area contributed by atoms with E-state index in [0.29, 0.717) is 16.8 Å². The summed E-state index contributed by atoms with van der Waals surface area (Å²) >= 11 is 0. The topological polar surface area (TPSA) is 56.3 Å². The number of hydrogen-bond donors (Lipinski definition) is 0. The molecule has 1 heterocycles. The minimum absolute atomic E-state index is 0.114. The van der Waals surface area contributed by atoms with Crippen LogP contribution >= 0.6 is 0 Å². The Bertz CT molecular complexity index is 529. The maximum Gasteiger partial charge on any atom is 0.230 e. The number of nitrogens with zero attached hydrogens (tertiary/aromatic N) is 1. The lowest BCUT2D eigenvalue weighted by molar-refractivity contribution is 0.0903.